The van der Waals surface area contributed by atoms with Gasteiger partial charge in [0.1, 0.15) is 12.3 Å². The summed E-state index contributed by atoms with van der Waals surface area (Å²) in [6, 6.07) is 13.1. The van der Waals surface area contributed by atoms with Crippen molar-refractivity contribution in [1.82, 2.24) is 4.98 Å². The second-order valence-electron chi connectivity index (χ2n) is 7.03. The van der Waals surface area contributed by atoms with Gasteiger partial charge in [-0.1, -0.05) is 17.7 Å². The van der Waals surface area contributed by atoms with Crippen molar-refractivity contribution in [3.05, 3.63) is 58.4 Å². The SMILES string of the molecule is Cc1ccc(NC(=O)CN2C(=O)C(C)Oc3ccc(-c4csc(C)n4)cc32)cc1. The van der Waals surface area contributed by atoms with Crippen LogP contribution in [0.5, 0.6) is 5.75 Å². The maximum atomic E-state index is 12.8. The number of nitrogens with zero attached hydrogens (tertiary/aromatic N) is 2. The molecular weight excluding hydrogens is 386 g/mol. The summed E-state index contributed by atoms with van der Waals surface area (Å²) in [4.78, 5) is 31.4. The number of thiazole rings is 1. The first kappa shape index (κ1) is 19.1. The minimum Gasteiger partial charge on any atom is -0.479 e. The van der Waals surface area contributed by atoms with E-state index in [1.54, 1.807) is 18.3 Å². The standard InChI is InChI=1S/C22H21N3O3S/c1-13-4-7-17(8-5-13)24-21(26)11-25-19-10-16(18-12-29-15(3)23-18)6-9-20(19)28-14(2)22(25)27/h4-10,12,14H,11H2,1-3H3,(H,24,26). The van der Waals surface area contributed by atoms with E-state index in [9.17, 15) is 9.59 Å². The molecule has 0 bridgehead atoms. The van der Waals surface area contributed by atoms with E-state index >= 15 is 0 Å². The predicted octanol–water partition coefficient (Wildman–Crippen LogP) is 4.18. The fraction of sp³-hybridized carbons (Fsp3) is 0.227. The van der Waals surface area contributed by atoms with Crippen molar-refractivity contribution in [1.29, 1.82) is 0 Å². The second kappa shape index (κ2) is 7.67. The second-order valence-corrected chi connectivity index (χ2v) is 8.10. The summed E-state index contributed by atoms with van der Waals surface area (Å²) < 4.78 is 5.74. The zero-order valence-electron chi connectivity index (χ0n) is 16.4. The van der Waals surface area contributed by atoms with Crippen LogP contribution >= 0.6 is 11.3 Å². The number of carbonyl (C=O) groups is 2. The van der Waals surface area contributed by atoms with Gasteiger partial charge in [-0.05, 0) is 51.1 Å². The summed E-state index contributed by atoms with van der Waals surface area (Å²) in [7, 11) is 0. The zero-order valence-corrected chi connectivity index (χ0v) is 17.2. The lowest BCUT2D eigenvalue weighted by molar-refractivity contribution is -0.127. The summed E-state index contributed by atoms with van der Waals surface area (Å²) >= 11 is 1.56. The van der Waals surface area contributed by atoms with Crippen LogP contribution in [-0.2, 0) is 9.59 Å². The Morgan fingerprint density at radius 2 is 1.97 bits per heavy atom. The van der Waals surface area contributed by atoms with Crippen molar-refractivity contribution in [3.8, 4) is 17.0 Å². The molecule has 3 aromatic rings. The van der Waals surface area contributed by atoms with Crippen molar-refractivity contribution in [3.63, 3.8) is 0 Å². The van der Waals surface area contributed by atoms with Crippen LogP contribution in [0.4, 0.5) is 11.4 Å². The van der Waals surface area contributed by atoms with E-state index in [1.807, 2.05) is 61.7 Å². The average molecular weight is 407 g/mol. The molecule has 148 valence electrons. The summed E-state index contributed by atoms with van der Waals surface area (Å²) in [5, 5.41) is 5.79. The van der Waals surface area contributed by atoms with Gasteiger partial charge in [0.15, 0.2) is 6.10 Å². The van der Waals surface area contributed by atoms with Crippen LogP contribution in [0.15, 0.2) is 47.8 Å². The van der Waals surface area contributed by atoms with E-state index in [2.05, 4.69) is 10.3 Å². The van der Waals surface area contributed by atoms with E-state index in [-0.39, 0.29) is 18.4 Å². The third kappa shape index (κ3) is 4.00. The highest BCUT2D eigenvalue weighted by Gasteiger charge is 2.33. The van der Waals surface area contributed by atoms with Gasteiger partial charge in [-0.2, -0.15) is 0 Å². The first-order valence-corrected chi connectivity index (χ1v) is 10.2. The normalized spacial score (nSPS) is 15.6. The molecule has 1 aliphatic rings. The first-order chi connectivity index (χ1) is 13.9. The maximum Gasteiger partial charge on any atom is 0.268 e. The number of fused-ring (bicyclic) bond motifs is 1. The smallest absolute Gasteiger partial charge is 0.268 e. The lowest BCUT2D eigenvalue weighted by Crippen LogP contribution is -2.47. The Morgan fingerprint density at radius 1 is 1.21 bits per heavy atom. The molecule has 2 heterocycles. The fourth-order valence-corrected chi connectivity index (χ4v) is 3.83. The molecule has 0 spiro atoms. The summed E-state index contributed by atoms with van der Waals surface area (Å²) in [5.41, 5.74) is 4.10. The number of hydrogen-bond acceptors (Lipinski definition) is 5. The topological polar surface area (TPSA) is 71.5 Å². The van der Waals surface area contributed by atoms with E-state index < -0.39 is 6.10 Å². The highest BCUT2D eigenvalue weighted by Crippen LogP contribution is 2.37. The number of nitrogens with one attached hydrogen (secondary N) is 1. The van der Waals surface area contributed by atoms with Crippen LogP contribution in [0, 0.1) is 13.8 Å². The van der Waals surface area contributed by atoms with Gasteiger partial charge in [0.05, 0.1) is 16.4 Å². The first-order valence-electron chi connectivity index (χ1n) is 9.32. The molecule has 29 heavy (non-hydrogen) atoms. The molecule has 0 saturated heterocycles. The fourth-order valence-electron chi connectivity index (χ4n) is 3.21. The van der Waals surface area contributed by atoms with Gasteiger partial charge in [0.2, 0.25) is 5.91 Å². The van der Waals surface area contributed by atoms with Crippen molar-refractivity contribution >= 4 is 34.5 Å². The molecule has 0 fully saturated rings. The van der Waals surface area contributed by atoms with Crippen molar-refractivity contribution in [2.24, 2.45) is 0 Å². The Hall–Kier alpha value is -3.19. The molecule has 2 aromatic carbocycles. The largest absolute Gasteiger partial charge is 0.479 e. The molecule has 6 nitrogen and oxygen atoms in total. The molecule has 1 atom stereocenters. The molecule has 1 unspecified atom stereocenters. The molecule has 0 saturated carbocycles. The monoisotopic (exact) mass is 407 g/mol. The summed E-state index contributed by atoms with van der Waals surface area (Å²) in [6.07, 6.45) is -0.651. The molecular formula is C22H21N3O3S. The molecule has 1 aliphatic heterocycles. The predicted molar refractivity (Wildman–Crippen MR) is 115 cm³/mol. The lowest BCUT2D eigenvalue weighted by Gasteiger charge is -2.32. The Labute approximate surface area is 173 Å². The van der Waals surface area contributed by atoms with Crippen LogP contribution in [0.2, 0.25) is 0 Å². The van der Waals surface area contributed by atoms with Crippen LogP contribution in [0.1, 0.15) is 17.5 Å². The minimum absolute atomic E-state index is 0.0903. The van der Waals surface area contributed by atoms with Crippen LogP contribution in [0.25, 0.3) is 11.3 Å². The zero-order chi connectivity index (χ0) is 20.5. The van der Waals surface area contributed by atoms with Gasteiger partial charge >= 0.3 is 0 Å². The number of rotatable bonds is 4. The molecule has 0 aliphatic carbocycles. The third-order valence-electron chi connectivity index (χ3n) is 4.72. The quantitative estimate of drug-likeness (QED) is 0.704. The number of ether oxygens (including phenoxy) is 1. The van der Waals surface area contributed by atoms with Gasteiger partial charge in [-0.3, -0.25) is 14.5 Å². The molecule has 2 amide bonds. The van der Waals surface area contributed by atoms with Gasteiger partial charge in [0, 0.05) is 16.6 Å². The highest BCUT2D eigenvalue weighted by atomic mass is 32.1. The minimum atomic E-state index is -0.651. The average Bonchev–Trinajstić information content (AvgIpc) is 3.13. The summed E-state index contributed by atoms with van der Waals surface area (Å²) in [6.45, 7) is 5.53. The van der Waals surface area contributed by atoms with Crippen LogP contribution in [0.3, 0.4) is 0 Å². The Bertz CT molecular complexity index is 1080. The van der Waals surface area contributed by atoms with Crippen molar-refractivity contribution in [2.75, 3.05) is 16.8 Å². The number of amides is 2. The van der Waals surface area contributed by atoms with Crippen molar-refractivity contribution < 1.29 is 14.3 Å². The van der Waals surface area contributed by atoms with Gasteiger partial charge in [0.25, 0.3) is 5.91 Å². The molecule has 4 rings (SSSR count). The molecule has 0 radical (unpaired) electrons. The van der Waals surface area contributed by atoms with E-state index in [0.29, 0.717) is 17.1 Å². The molecule has 1 N–H and O–H groups in total. The van der Waals surface area contributed by atoms with E-state index in [4.69, 9.17) is 4.74 Å². The van der Waals surface area contributed by atoms with E-state index in [1.165, 1.54) is 4.90 Å². The van der Waals surface area contributed by atoms with Gasteiger partial charge < -0.3 is 10.1 Å². The van der Waals surface area contributed by atoms with Crippen LogP contribution < -0.4 is 15.0 Å². The number of aryl methyl sites for hydroxylation is 2. The number of aromatic nitrogens is 1. The molecule has 7 heteroatoms. The van der Waals surface area contributed by atoms with Gasteiger partial charge in [-0.15, -0.1) is 11.3 Å². The number of anilines is 2. The maximum absolute atomic E-state index is 12.8. The number of benzene rings is 2. The lowest BCUT2D eigenvalue weighted by atomic mass is 10.1. The Morgan fingerprint density at radius 3 is 2.66 bits per heavy atom. The third-order valence-corrected chi connectivity index (χ3v) is 5.49. The number of hydrogen-bond donors (Lipinski definition) is 1. The van der Waals surface area contributed by atoms with Crippen LogP contribution in [-0.4, -0.2) is 29.4 Å². The number of carbonyl (C=O) groups excluding carboxylic acids is 2. The summed E-state index contributed by atoms with van der Waals surface area (Å²) in [5.74, 6) is 0.0660. The van der Waals surface area contributed by atoms with Gasteiger partial charge in [-0.25, -0.2) is 4.98 Å². The van der Waals surface area contributed by atoms with E-state index in [0.717, 1.165) is 21.8 Å². The highest BCUT2D eigenvalue weighted by molar-refractivity contribution is 7.09. The molecule has 1 aromatic heterocycles. The Balaban J connectivity index is 1.61. The Kier molecular flexibility index (Phi) is 5.07. The van der Waals surface area contributed by atoms with Crippen molar-refractivity contribution in [2.45, 2.75) is 26.9 Å².